The van der Waals surface area contributed by atoms with Crippen LogP contribution >= 0.6 is 15.9 Å². The molecular weight excluding hydrogens is 328 g/mol. The highest BCUT2D eigenvalue weighted by Crippen LogP contribution is 2.15. The summed E-state index contributed by atoms with van der Waals surface area (Å²) in [5.41, 5.74) is 2.20. The molecule has 0 saturated heterocycles. The first-order valence-electron chi connectivity index (χ1n) is 6.12. The zero-order valence-electron chi connectivity index (χ0n) is 10.7. The van der Waals surface area contributed by atoms with Gasteiger partial charge in [-0.2, -0.15) is 8.78 Å². The van der Waals surface area contributed by atoms with Crippen molar-refractivity contribution in [2.45, 2.75) is 19.7 Å². The molecule has 0 amide bonds. The highest BCUT2D eigenvalue weighted by Gasteiger charge is 2.03. The molecule has 2 nitrogen and oxygen atoms in total. The van der Waals surface area contributed by atoms with Crippen LogP contribution in [0.2, 0.25) is 0 Å². The molecule has 106 valence electrons. The Kier molecular flexibility index (Phi) is 5.49. The van der Waals surface area contributed by atoms with Gasteiger partial charge in [0, 0.05) is 17.6 Å². The molecule has 0 aliphatic heterocycles. The maximum Gasteiger partial charge on any atom is 0.387 e. The SMILES string of the molecule is FC(F)Oc1ccc(CNCc2ccc(Br)cc2)cc1. The summed E-state index contributed by atoms with van der Waals surface area (Å²) in [6.07, 6.45) is 0. The van der Waals surface area contributed by atoms with E-state index in [4.69, 9.17) is 0 Å². The summed E-state index contributed by atoms with van der Waals surface area (Å²) in [4.78, 5) is 0. The highest BCUT2D eigenvalue weighted by atomic mass is 79.9. The second-order valence-electron chi connectivity index (χ2n) is 4.25. The molecule has 0 atom stereocenters. The van der Waals surface area contributed by atoms with Crippen LogP contribution in [0.3, 0.4) is 0 Å². The maximum atomic E-state index is 12.0. The fourth-order valence-electron chi connectivity index (χ4n) is 1.74. The van der Waals surface area contributed by atoms with Gasteiger partial charge in [0.2, 0.25) is 0 Å². The van der Waals surface area contributed by atoms with Crippen molar-refractivity contribution < 1.29 is 13.5 Å². The summed E-state index contributed by atoms with van der Waals surface area (Å²) in [5.74, 6) is 0.177. The molecule has 0 bridgehead atoms. The molecule has 0 aliphatic carbocycles. The third-order valence-corrected chi connectivity index (χ3v) is 3.25. The van der Waals surface area contributed by atoms with Crippen molar-refractivity contribution >= 4 is 15.9 Å². The number of hydrogen-bond donors (Lipinski definition) is 1. The minimum absolute atomic E-state index is 0.177. The van der Waals surface area contributed by atoms with Crippen LogP contribution in [0.25, 0.3) is 0 Å². The molecule has 0 aromatic heterocycles. The van der Waals surface area contributed by atoms with Gasteiger partial charge in [0.05, 0.1) is 0 Å². The lowest BCUT2D eigenvalue weighted by molar-refractivity contribution is -0.0498. The van der Waals surface area contributed by atoms with Crippen molar-refractivity contribution in [3.63, 3.8) is 0 Å². The summed E-state index contributed by atoms with van der Waals surface area (Å²) in [5, 5.41) is 3.29. The Hall–Kier alpha value is -1.46. The minimum Gasteiger partial charge on any atom is -0.435 e. The van der Waals surface area contributed by atoms with E-state index in [-0.39, 0.29) is 5.75 Å². The minimum atomic E-state index is -2.78. The van der Waals surface area contributed by atoms with Crippen LogP contribution in [0, 0.1) is 0 Å². The highest BCUT2D eigenvalue weighted by molar-refractivity contribution is 9.10. The zero-order valence-corrected chi connectivity index (χ0v) is 12.2. The normalized spacial score (nSPS) is 10.8. The predicted molar refractivity (Wildman–Crippen MR) is 77.8 cm³/mol. The number of rotatable bonds is 6. The van der Waals surface area contributed by atoms with Crippen molar-refractivity contribution in [2.24, 2.45) is 0 Å². The van der Waals surface area contributed by atoms with E-state index in [1.54, 1.807) is 24.3 Å². The monoisotopic (exact) mass is 341 g/mol. The van der Waals surface area contributed by atoms with Gasteiger partial charge in [0.15, 0.2) is 0 Å². The lowest BCUT2D eigenvalue weighted by atomic mass is 10.2. The van der Waals surface area contributed by atoms with Gasteiger partial charge in [-0.05, 0) is 35.4 Å². The van der Waals surface area contributed by atoms with Gasteiger partial charge >= 0.3 is 6.61 Å². The van der Waals surface area contributed by atoms with Crippen molar-refractivity contribution in [1.82, 2.24) is 5.32 Å². The van der Waals surface area contributed by atoms with E-state index in [1.807, 2.05) is 24.3 Å². The van der Waals surface area contributed by atoms with E-state index in [2.05, 4.69) is 26.0 Å². The molecule has 0 fully saturated rings. The van der Waals surface area contributed by atoms with Crippen molar-refractivity contribution in [2.75, 3.05) is 0 Å². The van der Waals surface area contributed by atoms with Gasteiger partial charge in [-0.15, -0.1) is 0 Å². The summed E-state index contributed by atoms with van der Waals surface area (Å²) in [6, 6.07) is 14.7. The second-order valence-corrected chi connectivity index (χ2v) is 5.17. The molecule has 0 spiro atoms. The van der Waals surface area contributed by atoms with Crippen molar-refractivity contribution in [3.05, 3.63) is 64.1 Å². The summed E-state index contributed by atoms with van der Waals surface area (Å²) in [7, 11) is 0. The van der Waals surface area contributed by atoms with Gasteiger partial charge in [-0.25, -0.2) is 0 Å². The Labute approximate surface area is 124 Å². The van der Waals surface area contributed by atoms with Crippen LogP contribution in [-0.2, 0) is 13.1 Å². The first kappa shape index (κ1) is 14.9. The van der Waals surface area contributed by atoms with Crippen molar-refractivity contribution in [1.29, 1.82) is 0 Å². The number of hydrogen-bond acceptors (Lipinski definition) is 2. The first-order valence-corrected chi connectivity index (χ1v) is 6.92. The average Bonchev–Trinajstić information content (AvgIpc) is 2.42. The van der Waals surface area contributed by atoms with Gasteiger partial charge < -0.3 is 10.1 Å². The van der Waals surface area contributed by atoms with Crippen LogP contribution in [-0.4, -0.2) is 6.61 Å². The standard InChI is InChI=1S/C15H14BrF2NO/c16-13-5-1-11(2-6-13)9-19-10-12-3-7-14(8-4-12)20-15(17)18/h1-8,15,19H,9-10H2. The first-order chi connectivity index (χ1) is 9.63. The van der Waals surface area contributed by atoms with Crippen LogP contribution in [0.4, 0.5) is 8.78 Å². The fourth-order valence-corrected chi connectivity index (χ4v) is 2.01. The molecule has 0 unspecified atom stereocenters. The van der Waals surface area contributed by atoms with Gasteiger partial charge in [-0.1, -0.05) is 40.2 Å². The van der Waals surface area contributed by atoms with Crippen LogP contribution in [0.15, 0.2) is 53.0 Å². The molecule has 2 aromatic carbocycles. The van der Waals surface area contributed by atoms with Gasteiger partial charge in [0.25, 0.3) is 0 Å². The lowest BCUT2D eigenvalue weighted by Gasteiger charge is -2.07. The largest absolute Gasteiger partial charge is 0.435 e. The molecule has 0 heterocycles. The molecule has 0 saturated carbocycles. The van der Waals surface area contributed by atoms with E-state index >= 15 is 0 Å². The Morgan fingerprint density at radius 3 is 1.90 bits per heavy atom. The van der Waals surface area contributed by atoms with Gasteiger partial charge in [0.1, 0.15) is 5.75 Å². The smallest absolute Gasteiger partial charge is 0.387 e. The predicted octanol–water partition coefficient (Wildman–Crippen LogP) is 4.34. The Balaban J connectivity index is 1.80. The molecule has 1 N–H and O–H groups in total. The number of ether oxygens (including phenoxy) is 1. The van der Waals surface area contributed by atoms with Crippen LogP contribution in [0.5, 0.6) is 5.75 Å². The Morgan fingerprint density at radius 2 is 1.40 bits per heavy atom. The summed E-state index contributed by atoms with van der Waals surface area (Å²) < 4.78 is 29.4. The van der Waals surface area contributed by atoms with E-state index in [1.165, 1.54) is 5.56 Å². The average molecular weight is 342 g/mol. The Bertz CT molecular complexity index is 529. The third-order valence-electron chi connectivity index (χ3n) is 2.72. The molecule has 20 heavy (non-hydrogen) atoms. The topological polar surface area (TPSA) is 21.3 Å². The molecule has 0 aliphatic rings. The molecular formula is C15H14BrF2NO. The molecule has 0 radical (unpaired) electrons. The van der Waals surface area contributed by atoms with Crippen LogP contribution in [0.1, 0.15) is 11.1 Å². The Morgan fingerprint density at radius 1 is 0.900 bits per heavy atom. The fraction of sp³-hybridized carbons (Fsp3) is 0.200. The quantitative estimate of drug-likeness (QED) is 0.843. The molecule has 5 heteroatoms. The lowest BCUT2D eigenvalue weighted by Crippen LogP contribution is -2.12. The van der Waals surface area contributed by atoms with Crippen molar-refractivity contribution in [3.8, 4) is 5.75 Å². The number of alkyl halides is 2. The number of nitrogens with one attached hydrogen (secondary N) is 1. The summed E-state index contributed by atoms with van der Waals surface area (Å²) in [6.45, 7) is -1.36. The zero-order chi connectivity index (χ0) is 14.4. The molecule has 2 rings (SSSR count). The second kappa shape index (κ2) is 7.36. The third kappa shape index (κ3) is 4.90. The van der Waals surface area contributed by atoms with E-state index < -0.39 is 6.61 Å². The van der Waals surface area contributed by atoms with E-state index in [9.17, 15) is 8.78 Å². The summed E-state index contributed by atoms with van der Waals surface area (Å²) >= 11 is 3.39. The number of halogens is 3. The number of benzene rings is 2. The molecule has 2 aromatic rings. The van der Waals surface area contributed by atoms with E-state index in [0.717, 1.165) is 16.6 Å². The van der Waals surface area contributed by atoms with Gasteiger partial charge in [-0.3, -0.25) is 0 Å². The maximum absolute atomic E-state index is 12.0. The van der Waals surface area contributed by atoms with Crippen LogP contribution < -0.4 is 10.1 Å². The van der Waals surface area contributed by atoms with E-state index in [0.29, 0.717) is 6.54 Å².